The van der Waals surface area contributed by atoms with Crippen LogP contribution >= 0.6 is 0 Å². The van der Waals surface area contributed by atoms with Crippen molar-refractivity contribution in [3.63, 3.8) is 0 Å². The first-order chi connectivity index (χ1) is 17.0. The zero-order valence-corrected chi connectivity index (χ0v) is 20.9. The van der Waals surface area contributed by atoms with Gasteiger partial charge in [0.2, 0.25) is 0 Å². The molecule has 3 aliphatic heterocycles. The largest absolute Gasteiger partial charge is 0.390 e. The topological polar surface area (TPSA) is 65.0 Å². The second kappa shape index (κ2) is 8.65. The minimum Gasteiger partial charge on any atom is -0.390 e. The van der Waals surface area contributed by atoms with E-state index in [1.54, 1.807) is 0 Å². The standard InChI is InChI=1S/C29H41N3O3/c33-28(30-27-20-12-19-13-21(27)18-29(34,16-19)17-20)32-23-6-7-24(32)15-26(14-23)35-25-8-10-31(11-9-25)22-4-2-1-3-5-22/h1-5,19-21,23-27,34H,6-18H2,(H,30,33)/t19?,20?,21?,23-,24+,26?,27?,29?. The molecule has 6 heteroatoms. The number of hydrogen-bond donors (Lipinski definition) is 2. The van der Waals surface area contributed by atoms with E-state index in [4.69, 9.17) is 4.74 Å². The third kappa shape index (κ3) is 4.15. The Morgan fingerprint density at radius 2 is 1.54 bits per heavy atom. The van der Waals surface area contributed by atoms with E-state index in [-0.39, 0.29) is 12.1 Å². The Hall–Kier alpha value is -1.79. The number of benzene rings is 1. The molecule has 2 amide bonds. The zero-order chi connectivity index (χ0) is 23.6. The summed E-state index contributed by atoms with van der Waals surface area (Å²) in [4.78, 5) is 18.2. The van der Waals surface area contributed by atoms with Crippen LogP contribution in [0.4, 0.5) is 10.5 Å². The predicted molar refractivity (Wildman–Crippen MR) is 135 cm³/mol. The number of nitrogens with one attached hydrogen (secondary N) is 1. The summed E-state index contributed by atoms with van der Waals surface area (Å²) in [6.45, 7) is 2.12. The van der Waals surface area contributed by atoms with Crippen LogP contribution < -0.4 is 10.2 Å². The molecule has 2 N–H and O–H groups in total. The van der Waals surface area contributed by atoms with Crippen molar-refractivity contribution in [2.24, 2.45) is 17.8 Å². The monoisotopic (exact) mass is 479 g/mol. The fraction of sp³-hybridized carbons (Fsp3) is 0.759. The molecular weight excluding hydrogens is 438 g/mol. The van der Waals surface area contributed by atoms with Gasteiger partial charge in [-0.25, -0.2) is 4.79 Å². The lowest BCUT2D eigenvalue weighted by Gasteiger charge is -2.58. The van der Waals surface area contributed by atoms with Gasteiger partial charge in [0.05, 0.1) is 17.8 Å². The van der Waals surface area contributed by atoms with Crippen LogP contribution in [0, 0.1) is 17.8 Å². The molecule has 35 heavy (non-hydrogen) atoms. The van der Waals surface area contributed by atoms with E-state index < -0.39 is 5.60 Å². The Morgan fingerprint density at radius 1 is 0.886 bits per heavy atom. The lowest BCUT2D eigenvalue weighted by atomic mass is 9.52. The summed E-state index contributed by atoms with van der Waals surface area (Å²) in [6, 6.07) is 11.8. The smallest absolute Gasteiger partial charge is 0.318 e. The summed E-state index contributed by atoms with van der Waals surface area (Å²) >= 11 is 0. The van der Waals surface area contributed by atoms with Crippen LogP contribution in [0.25, 0.3) is 0 Å². The molecule has 4 saturated carbocycles. The highest BCUT2D eigenvalue weighted by Crippen LogP contribution is 2.55. The minimum atomic E-state index is -0.441. The van der Waals surface area contributed by atoms with Gasteiger partial charge in [0.15, 0.2) is 0 Å². The van der Waals surface area contributed by atoms with Gasteiger partial charge in [-0.05, 0) is 101 Å². The summed E-state index contributed by atoms with van der Waals surface area (Å²) in [5, 5.41) is 14.4. The van der Waals surface area contributed by atoms with E-state index in [9.17, 15) is 9.90 Å². The van der Waals surface area contributed by atoms with Gasteiger partial charge in [0.25, 0.3) is 0 Å². The summed E-state index contributed by atoms with van der Waals surface area (Å²) in [5.74, 6) is 1.61. The van der Waals surface area contributed by atoms with Crippen molar-refractivity contribution in [3.05, 3.63) is 30.3 Å². The molecule has 0 spiro atoms. The molecule has 3 saturated heterocycles. The fourth-order valence-electron chi connectivity index (χ4n) is 9.17. The third-order valence-corrected chi connectivity index (χ3v) is 10.4. The Balaban J connectivity index is 0.928. The Morgan fingerprint density at radius 3 is 2.17 bits per heavy atom. The maximum Gasteiger partial charge on any atom is 0.318 e. The van der Waals surface area contributed by atoms with E-state index in [1.807, 2.05) is 0 Å². The van der Waals surface area contributed by atoms with Crippen LogP contribution in [0.5, 0.6) is 0 Å². The molecule has 7 aliphatic rings. The molecule has 0 aromatic heterocycles. The van der Waals surface area contributed by atoms with Crippen LogP contribution in [-0.4, -0.2) is 65.1 Å². The first-order valence-electron chi connectivity index (χ1n) is 14.3. The number of carbonyl (C=O) groups excluding carboxylic acids is 1. The lowest BCUT2D eigenvalue weighted by molar-refractivity contribution is -0.137. The van der Waals surface area contributed by atoms with Crippen LogP contribution in [0.3, 0.4) is 0 Å². The average Bonchev–Trinajstić information content (AvgIpc) is 3.12. The van der Waals surface area contributed by atoms with Crippen molar-refractivity contribution in [2.45, 2.75) is 107 Å². The van der Waals surface area contributed by atoms with Gasteiger partial charge in [-0.1, -0.05) is 18.2 Å². The maximum atomic E-state index is 13.5. The molecule has 3 heterocycles. The number of rotatable bonds is 4. The van der Waals surface area contributed by atoms with Crippen molar-refractivity contribution in [1.82, 2.24) is 10.2 Å². The fourth-order valence-corrected chi connectivity index (χ4v) is 9.17. The Kier molecular flexibility index (Phi) is 5.54. The van der Waals surface area contributed by atoms with Gasteiger partial charge in [-0.3, -0.25) is 0 Å². The molecule has 6 nitrogen and oxygen atoms in total. The van der Waals surface area contributed by atoms with Crippen molar-refractivity contribution < 1.29 is 14.6 Å². The molecular formula is C29H41N3O3. The third-order valence-electron chi connectivity index (χ3n) is 10.4. The second-order valence-corrected chi connectivity index (χ2v) is 12.7. The van der Waals surface area contributed by atoms with E-state index in [0.717, 1.165) is 70.9 Å². The summed E-state index contributed by atoms with van der Waals surface area (Å²) in [7, 11) is 0. The van der Waals surface area contributed by atoms with Gasteiger partial charge in [0, 0.05) is 36.9 Å². The number of fused-ring (bicyclic) bond motifs is 2. The quantitative estimate of drug-likeness (QED) is 0.675. The number of anilines is 1. The van der Waals surface area contributed by atoms with E-state index in [1.165, 1.54) is 18.5 Å². The van der Waals surface area contributed by atoms with Crippen molar-refractivity contribution in [1.29, 1.82) is 0 Å². The van der Waals surface area contributed by atoms with Crippen LogP contribution in [0.1, 0.15) is 70.6 Å². The number of nitrogens with zero attached hydrogens (tertiary/aromatic N) is 2. The highest BCUT2D eigenvalue weighted by atomic mass is 16.5. The molecule has 7 fully saturated rings. The summed E-state index contributed by atoms with van der Waals surface area (Å²) in [6.07, 6.45) is 12.2. The first kappa shape index (κ1) is 22.4. The lowest BCUT2D eigenvalue weighted by Crippen LogP contribution is -2.64. The van der Waals surface area contributed by atoms with Gasteiger partial charge in [0.1, 0.15) is 0 Å². The number of carbonyl (C=O) groups is 1. The van der Waals surface area contributed by atoms with Crippen molar-refractivity contribution in [2.75, 3.05) is 18.0 Å². The molecule has 6 bridgehead atoms. The predicted octanol–water partition coefficient (Wildman–Crippen LogP) is 4.32. The summed E-state index contributed by atoms with van der Waals surface area (Å²) in [5.41, 5.74) is 0.876. The summed E-state index contributed by atoms with van der Waals surface area (Å²) < 4.78 is 6.65. The molecule has 5 atom stereocenters. The highest BCUT2D eigenvalue weighted by Gasteiger charge is 2.55. The first-order valence-corrected chi connectivity index (χ1v) is 14.3. The average molecular weight is 480 g/mol. The van der Waals surface area contributed by atoms with Gasteiger partial charge < -0.3 is 25.0 Å². The molecule has 8 rings (SSSR count). The minimum absolute atomic E-state index is 0.164. The SMILES string of the molecule is O=C(NC1C2CC3CC1CC(O)(C3)C2)N1[C@@H]2CC[C@H]1CC(OC1CCN(c3ccccc3)CC1)C2. The number of hydrogen-bond acceptors (Lipinski definition) is 4. The van der Waals surface area contributed by atoms with Crippen molar-refractivity contribution in [3.8, 4) is 0 Å². The molecule has 1 aromatic carbocycles. The number of para-hydroxylation sites is 1. The van der Waals surface area contributed by atoms with Gasteiger partial charge >= 0.3 is 6.03 Å². The number of urea groups is 1. The zero-order valence-electron chi connectivity index (χ0n) is 20.9. The molecule has 0 radical (unpaired) electrons. The van der Waals surface area contributed by atoms with Gasteiger partial charge in [-0.15, -0.1) is 0 Å². The Labute approximate surface area is 209 Å². The molecule has 4 aliphatic carbocycles. The normalized spacial score (nSPS) is 42.5. The second-order valence-electron chi connectivity index (χ2n) is 12.7. The number of aliphatic hydroxyl groups is 1. The number of ether oxygens (including phenoxy) is 1. The number of amides is 2. The van der Waals surface area contributed by atoms with Crippen molar-refractivity contribution >= 4 is 11.7 Å². The van der Waals surface area contributed by atoms with Crippen LogP contribution in [0.15, 0.2) is 30.3 Å². The van der Waals surface area contributed by atoms with Crippen LogP contribution in [0.2, 0.25) is 0 Å². The van der Waals surface area contributed by atoms with E-state index in [0.29, 0.717) is 42.0 Å². The van der Waals surface area contributed by atoms with E-state index >= 15 is 0 Å². The molecule has 3 unspecified atom stereocenters. The number of piperidine rings is 2. The van der Waals surface area contributed by atoms with Gasteiger partial charge in [-0.2, -0.15) is 0 Å². The maximum absolute atomic E-state index is 13.5. The highest BCUT2D eigenvalue weighted by molar-refractivity contribution is 5.76. The Bertz CT molecular complexity index is 902. The molecule has 1 aromatic rings. The van der Waals surface area contributed by atoms with Crippen LogP contribution in [-0.2, 0) is 4.74 Å². The van der Waals surface area contributed by atoms with E-state index in [2.05, 4.69) is 45.4 Å². The molecule has 190 valence electrons.